The van der Waals surface area contributed by atoms with Crippen LogP contribution in [0.3, 0.4) is 0 Å². The van der Waals surface area contributed by atoms with E-state index in [9.17, 15) is 0 Å². The maximum atomic E-state index is 5.82. The molecule has 23 heavy (non-hydrogen) atoms. The summed E-state index contributed by atoms with van der Waals surface area (Å²) >= 11 is 1.51. The molecule has 0 aliphatic carbocycles. The number of aryl methyl sites for hydroxylation is 1. The van der Waals surface area contributed by atoms with Crippen molar-refractivity contribution in [1.82, 2.24) is 19.8 Å². The van der Waals surface area contributed by atoms with Gasteiger partial charge in [0.25, 0.3) is 0 Å². The van der Waals surface area contributed by atoms with Crippen molar-refractivity contribution in [3.8, 4) is 22.1 Å². The average Bonchev–Trinajstić information content (AvgIpc) is 3.12. The average molecular weight is 332 g/mol. The molecule has 6 nitrogen and oxygen atoms in total. The van der Waals surface area contributed by atoms with E-state index >= 15 is 0 Å². The molecular weight excluding hydrogens is 312 g/mol. The van der Waals surface area contributed by atoms with Gasteiger partial charge >= 0.3 is 0 Å². The van der Waals surface area contributed by atoms with Gasteiger partial charge in [0.2, 0.25) is 4.96 Å². The Labute approximate surface area is 139 Å². The molecule has 3 rings (SSSR count). The Morgan fingerprint density at radius 1 is 1.09 bits per heavy atom. The van der Waals surface area contributed by atoms with E-state index in [1.807, 2.05) is 36.6 Å². The number of fused-ring (bicyclic) bond motifs is 1. The largest absolute Gasteiger partial charge is 0.490 e. The Morgan fingerprint density at radius 2 is 1.91 bits per heavy atom. The van der Waals surface area contributed by atoms with Gasteiger partial charge in [0, 0.05) is 6.42 Å². The van der Waals surface area contributed by atoms with Crippen LogP contribution in [-0.2, 0) is 6.42 Å². The summed E-state index contributed by atoms with van der Waals surface area (Å²) in [5.74, 6) is 2.37. The molecule has 0 aliphatic rings. The highest BCUT2D eigenvalue weighted by Crippen LogP contribution is 2.39. The van der Waals surface area contributed by atoms with E-state index in [1.165, 1.54) is 11.3 Å². The molecular formula is C16H20N4O2S. The summed E-state index contributed by atoms with van der Waals surface area (Å²) in [5.41, 5.74) is 0.927. The molecule has 122 valence electrons. The van der Waals surface area contributed by atoms with Crippen molar-refractivity contribution < 1.29 is 9.47 Å². The number of hydrogen-bond donors (Lipinski definition) is 0. The highest BCUT2D eigenvalue weighted by atomic mass is 32.1. The van der Waals surface area contributed by atoms with Crippen LogP contribution in [0.4, 0.5) is 0 Å². The zero-order chi connectivity index (χ0) is 16.2. The molecule has 0 fully saturated rings. The number of ether oxygens (including phenoxy) is 2. The Morgan fingerprint density at radius 3 is 2.65 bits per heavy atom. The first-order valence-electron chi connectivity index (χ1n) is 7.88. The third kappa shape index (κ3) is 3.01. The predicted molar refractivity (Wildman–Crippen MR) is 90.4 cm³/mol. The molecule has 2 aromatic heterocycles. The van der Waals surface area contributed by atoms with E-state index in [-0.39, 0.29) is 0 Å². The summed E-state index contributed by atoms with van der Waals surface area (Å²) in [6.07, 6.45) is 1.87. The molecule has 3 aromatic rings. The second-order valence-corrected chi connectivity index (χ2v) is 5.92. The zero-order valence-corrected chi connectivity index (χ0v) is 14.4. The summed E-state index contributed by atoms with van der Waals surface area (Å²) in [5, 5.41) is 13.9. The molecule has 0 atom stereocenters. The maximum Gasteiger partial charge on any atom is 0.234 e. The number of nitrogens with zero attached hydrogens (tertiary/aromatic N) is 4. The van der Waals surface area contributed by atoms with Crippen LogP contribution in [-0.4, -0.2) is 33.0 Å². The third-order valence-electron chi connectivity index (χ3n) is 3.33. The van der Waals surface area contributed by atoms with Crippen LogP contribution in [0.1, 0.15) is 33.0 Å². The van der Waals surface area contributed by atoms with Gasteiger partial charge in [-0.2, -0.15) is 9.61 Å². The molecule has 0 spiro atoms. The molecule has 0 aliphatic heterocycles. The van der Waals surface area contributed by atoms with Gasteiger partial charge in [0.05, 0.1) is 18.8 Å². The van der Waals surface area contributed by atoms with Crippen LogP contribution < -0.4 is 9.47 Å². The fraction of sp³-hybridized carbons (Fsp3) is 0.438. The summed E-state index contributed by atoms with van der Waals surface area (Å²) < 4.78 is 13.3. The summed E-state index contributed by atoms with van der Waals surface area (Å²) in [7, 11) is 0. The first kappa shape index (κ1) is 15.7. The van der Waals surface area contributed by atoms with Gasteiger partial charge in [-0.15, -0.1) is 10.2 Å². The van der Waals surface area contributed by atoms with E-state index < -0.39 is 0 Å². The van der Waals surface area contributed by atoms with E-state index in [4.69, 9.17) is 9.47 Å². The number of rotatable bonds is 7. The minimum atomic E-state index is 0.572. The van der Waals surface area contributed by atoms with E-state index in [0.717, 1.165) is 45.7 Å². The molecule has 0 N–H and O–H groups in total. The molecule has 0 saturated carbocycles. The molecule has 0 unspecified atom stereocenters. The van der Waals surface area contributed by atoms with Gasteiger partial charge in [-0.05, 0) is 32.4 Å². The second kappa shape index (κ2) is 6.95. The minimum absolute atomic E-state index is 0.572. The van der Waals surface area contributed by atoms with Gasteiger partial charge in [-0.25, -0.2) is 0 Å². The number of para-hydroxylation sites is 1. The SMILES string of the molecule is CCCc1nnc2sc(-c3cccc(OCC)c3OCC)nn12. The summed E-state index contributed by atoms with van der Waals surface area (Å²) in [6, 6.07) is 5.87. The minimum Gasteiger partial charge on any atom is -0.490 e. The van der Waals surface area contributed by atoms with Gasteiger partial charge < -0.3 is 9.47 Å². The highest BCUT2D eigenvalue weighted by molar-refractivity contribution is 7.19. The van der Waals surface area contributed by atoms with Crippen molar-refractivity contribution >= 4 is 16.3 Å². The number of aromatic nitrogens is 4. The topological polar surface area (TPSA) is 61.5 Å². The Kier molecular flexibility index (Phi) is 4.76. The molecule has 0 radical (unpaired) electrons. The van der Waals surface area contributed by atoms with E-state index in [2.05, 4.69) is 22.2 Å². The van der Waals surface area contributed by atoms with Crippen molar-refractivity contribution in [2.24, 2.45) is 0 Å². The van der Waals surface area contributed by atoms with Gasteiger partial charge in [-0.1, -0.05) is 24.3 Å². The third-order valence-corrected chi connectivity index (χ3v) is 4.26. The van der Waals surface area contributed by atoms with Gasteiger partial charge in [-0.3, -0.25) is 0 Å². The van der Waals surface area contributed by atoms with E-state index in [0.29, 0.717) is 13.2 Å². The number of benzene rings is 1. The van der Waals surface area contributed by atoms with Crippen molar-refractivity contribution in [3.05, 3.63) is 24.0 Å². The number of hydrogen-bond acceptors (Lipinski definition) is 6. The lowest BCUT2D eigenvalue weighted by Gasteiger charge is -2.13. The molecule has 0 bridgehead atoms. The summed E-state index contributed by atoms with van der Waals surface area (Å²) in [6.45, 7) is 7.21. The molecule has 1 aromatic carbocycles. The molecule has 0 amide bonds. The van der Waals surface area contributed by atoms with Crippen molar-refractivity contribution in [1.29, 1.82) is 0 Å². The first-order valence-corrected chi connectivity index (χ1v) is 8.70. The lowest BCUT2D eigenvalue weighted by Crippen LogP contribution is -2.00. The van der Waals surface area contributed by atoms with Crippen molar-refractivity contribution in [2.75, 3.05) is 13.2 Å². The van der Waals surface area contributed by atoms with Crippen LogP contribution in [0.2, 0.25) is 0 Å². The van der Waals surface area contributed by atoms with E-state index in [1.54, 1.807) is 0 Å². The van der Waals surface area contributed by atoms with Gasteiger partial charge in [0.15, 0.2) is 22.3 Å². The lowest BCUT2D eigenvalue weighted by atomic mass is 10.2. The normalized spacial score (nSPS) is 11.1. The highest BCUT2D eigenvalue weighted by Gasteiger charge is 2.18. The Hall–Kier alpha value is -2.15. The van der Waals surface area contributed by atoms with Crippen LogP contribution >= 0.6 is 11.3 Å². The van der Waals surface area contributed by atoms with Crippen molar-refractivity contribution in [2.45, 2.75) is 33.6 Å². The van der Waals surface area contributed by atoms with Crippen LogP contribution in [0.5, 0.6) is 11.5 Å². The fourth-order valence-corrected chi connectivity index (χ4v) is 3.27. The maximum absolute atomic E-state index is 5.82. The van der Waals surface area contributed by atoms with Crippen LogP contribution in [0.15, 0.2) is 18.2 Å². The molecule has 0 saturated heterocycles. The first-order chi connectivity index (χ1) is 11.3. The summed E-state index contributed by atoms with van der Waals surface area (Å²) in [4.78, 5) is 0.799. The Balaban J connectivity index is 2.08. The standard InChI is InChI=1S/C16H20N4O2S/c1-4-8-13-17-18-16-20(13)19-15(23-16)11-9-7-10-12(21-5-2)14(11)22-6-3/h7,9-10H,4-6,8H2,1-3H3. The Bertz CT molecular complexity index is 797. The quantitative estimate of drug-likeness (QED) is 0.661. The zero-order valence-electron chi connectivity index (χ0n) is 13.6. The van der Waals surface area contributed by atoms with Gasteiger partial charge in [0.1, 0.15) is 0 Å². The van der Waals surface area contributed by atoms with Crippen LogP contribution in [0.25, 0.3) is 15.5 Å². The fourth-order valence-electron chi connectivity index (χ4n) is 2.39. The molecule has 7 heteroatoms. The second-order valence-electron chi connectivity index (χ2n) is 4.97. The van der Waals surface area contributed by atoms with Crippen LogP contribution in [0, 0.1) is 0 Å². The predicted octanol–water partition coefficient (Wildman–Crippen LogP) is 3.60. The lowest BCUT2D eigenvalue weighted by molar-refractivity contribution is 0.289. The van der Waals surface area contributed by atoms with Crippen molar-refractivity contribution in [3.63, 3.8) is 0 Å². The smallest absolute Gasteiger partial charge is 0.234 e. The monoisotopic (exact) mass is 332 g/mol. The molecule has 2 heterocycles.